The highest BCUT2D eigenvalue weighted by molar-refractivity contribution is 6.51. The molecule has 0 bridgehead atoms. The molecule has 2 rings (SSSR count). The van der Waals surface area contributed by atoms with Crippen LogP contribution in [-0.2, 0) is 28.5 Å². The van der Waals surface area contributed by atoms with Gasteiger partial charge < -0.3 is 30.2 Å². The lowest BCUT2D eigenvalue weighted by Gasteiger charge is -2.24. The van der Waals surface area contributed by atoms with E-state index in [4.69, 9.17) is 19.5 Å². The third-order valence-corrected chi connectivity index (χ3v) is 4.79. The van der Waals surface area contributed by atoms with E-state index in [2.05, 4.69) is 10.6 Å². The van der Waals surface area contributed by atoms with Gasteiger partial charge in [0, 0.05) is 0 Å². The molecule has 0 aromatic heterocycles. The minimum atomic E-state index is -2.27. The Labute approximate surface area is 192 Å². The van der Waals surface area contributed by atoms with E-state index in [0.29, 0.717) is 6.07 Å². The van der Waals surface area contributed by atoms with E-state index in [0.717, 1.165) is 12.1 Å². The second-order valence-corrected chi connectivity index (χ2v) is 8.14. The van der Waals surface area contributed by atoms with Gasteiger partial charge in [0.05, 0.1) is 30.9 Å². The molecule has 4 N–H and O–H groups in total. The second kappa shape index (κ2) is 11.1. The molecule has 1 aliphatic heterocycles. The van der Waals surface area contributed by atoms with Gasteiger partial charge in [0.1, 0.15) is 11.6 Å². The Morgan fingerprint density at radius 1 is 1.12 bits per heavy atom. The van der Waals surface area contributed by atoms with Gasteiger partial charge in [-0.1, -0.05) is 13.8 Å². The molecule has 0 spiro atoms. The van der Waals surface area contributed by atoms with Crippen LogP contribution in [0.15, 0.2) is 18.2 Å². The number of nitrogens with one attached hydrogen (secondary N) is 2. The van der Waals surface area contributed by atoms with Crippen molar-refractivity contribution in [1.29, 1.82) is 0 Å². The van der Waals surface area contributed by atoms with Crippen LogP contribution in [0.3, 0.4) is 0 Å². The molecule has 184 valence electrons. The minimum absolute atomic E-state index is 0.0856. The Morgan fingerprint density at radius 2 is 1.74 bits per heavy atom. The molecule has 0 aliphatic carbocycles. The number of amides is 2. The van der Waals surface area contributed by atoms with Crippen molar-refractivity contribution in [2.75, 3.05) is 6.54 Å². The van der Waals surface area contributed by atoms with Gasteiger partial charge >= 0.3 is 25.0 Å². The highest BCUT2D eigenvalue weighted by atomic mass is 19.1. The molecule has 1 atom stereocenters. The zero-order chi connectivity index (χ0) is 25.6. The first kappa shape index (κ1) is 26.7. The molecule has 2 amide bonds. The number of rotatable bonds is 11. The van der Waals surface area contributed by atoms with Gasteiger partial charge in [-0.05, 0) is 30.5 Å². The van der Waals surface area contributed by atoms with Gasteiger partial charge in [0.2, 0.25) is 5.91 Å². The number of hydrogen-bond acceptors (Lipinski definition) is 7. The van der Waals surface area contributed by atoms with Crippen LogP contribution in [0.5, 0.6) is 0 Å². The van der Waals surface area contributed by atoms with E-state index < -0.39 is 85.0 Å². The molecule has 1 aliphatic rings. The molecule has 34 heavy (non-hydrogen) atoms. The molecule has 1 fully saturated rings. The summed E-state index contributed by atoms with van der Waals surface area (Å²) in [4.78, 5) is 59.2. The number of aliphatic carboxylic acids is 2. The third-order valence-electron chi connectivity index (χ3n) is 4.79. The standard InChI is InChI=1S/C20H23BF2N2O9/c1-10(2)5-14(21-33-19(32)20(34-21,7-16(27)28)8-17(29)30)25-15(26)9-24-18(31)12-6-11(22)3-4-13(12)23/h3-4,6,10,14H,5,7-9H2,1-2H3,(H,24,31)(H,25,26)(H,27,28)(H,29,30). The highest BCUT2D eigenvalue weighted by Gasteiger charge is 2.57. The van der Waals surface area contributed by atoms with Crippen molar-refractivity contribution in [3.8, 4) is 0 Å². The van der Waals surface area contributed by atoms with Gasteiger partial charge in [-0.2, -0.15) is 0 Å². The van der Waals surface area contributed by atoms with E-state index in [1.54, 1.807) is 13.8 Å². The first-order chi connectivity index (χ1) is 15.8. The van der Waals surface area contributed by atoms with Crippen molar-refractivity contribution in [3.63, 3.8) is 0 Å². The number of hydrogen-bond donors (Lipinski definition) is 4. The summed E-state index contributed by atoms with van der Waals surface area (Å²) in [5, 5.41) is 22.8. The smallest absolute Gasteiger partial charge is 0.506 e. The summed E-state index contributed by atoms with van der Waals surface area (Å²) in [6, 6.07) is 2.25. The monoisotopic (exact) mass is 484 g/mol. The number of carboxylic acid groups (broad SMARTS) is 2. The lowest BCUT2D eigenvalue weighted by Crippen LogP contribution is -2.51. The van der Waals surface area contributed by atoms with Crippen molar-refractivity contribution in [2.45, 2.75) is 44.7 Å². The topological polar surface area (TPSA) is 168 Å². The Balaban J connectivity index is 2.10. The highest BCUT2D eigenvalue weighted by Crippen LogP contribution is 2.32. The van der Waals surface area contributed by atoms with Crippen LogP contribution in [0, 0.1) is 17.6 Å². The van der Waals surface area contributed by atoms with E-state index in [1.807, 2.05) is 0 Å². The van der Waals surface area contributed by atoms with Crippen LogP contribution in [0.1, 0.15) is 43.5 Å². The number of carboxylic acids is 2. The van der Waals surface area contributed by atoms with Gasteiger partial charge in [0.25, 0.3) is 5.91 Å². The fraction of sp³-hybridized carbons (Fsp3) is 0.450. The predicted octanol–water partition coefficient (Wildman–Crippen LogP) is 0.515. The quantitative estimate of drug-likeness (QED) is 0.327. The normalized spacial score (nSPS) is 15.6. The molecule has 11 nitrogen and oxygen atoms in total. The van der Waals surface area contributed by atoms with E-state index in [1.165, 1.54) is 0 Å². The van der Waals surface area contributed by atoms with Crippen molar-refractivity contribution in [1.82, 2.24) is 10.6 Å². The lowest BCUT2D eigenvalue weighted by atomic mass is 9.74. The molecular formula is C20H23BF2N2O9. The summed E-state index contributed by atoms with van der Waals surface area (Å²) in [6.45, 7) is 2.89. The van der Waals surface area contributed by atoms with Crippen molar-refractivity contribution < 1.29 is 52.3 Å². The lowest BCUT2D eigenvalue weighted by molar-refractivity contribution is -0.157. The molecule has 1 aromatic carbocycles. The molecular weight excluding hydrogens is 461 g/mol. The van der Waals surface area contributed by atoms with Gasteiger partial charge in [-0.15, -0.1) is 0 Å². The largest absolute Gasteiger partial charge is 0.552 e. The van der Waals surface area contributed by atoms with Crippen LogP contribution in [0.25, 0.3) is 0 Å². The van der Waals surface area contributed by atoms with Crippen LogP contribution in [0.4, 0.5) is 8.78 Å². The summed E-state index contributed by atoms with van der Waals surface area (Å²) in [6.07, 6.45) is -1.76. The van der Waals surface area contributed by atoms with Crippen LogP contribution >= 0.6 is 0 Å². The van der Waals surface area contributed by atoms with E-state index in [9.17, 15) is 32.8 Å². The first-order valence-corrected chi connectivity index (χ1v) is 10.2. The molecule has 1 unspecified atom stereocenters. The van der Waals surface area contributed by atoms with Crippen molar-refractivity contribution in [3.05, 3.63) is 35.4 Å². The Morgan fingerprint density at radius 3 is 2.29 bits per heavy atom. The van der Waals surface area contributed by atoms with Crippen molar-refractivity contribution in [2.24, 2.45) is 5.92 Å². The second-order valence-electron chi connectivity index (χ2n) is 8.14. The maximum absolute atomic E-state index is 13.7. The summed E-state index contributed by atoms with van der Waals surface area (Å²) < 4.78 is 37.5. The van der Waals surface area contributed by atoms with Crippen LogP contribution in [-0.4, -0.2) is 65.1 Å². The SMILES string of the molecule is CC(C)CC(NC(=O)CNC(=O)c1cc(F)ccc1F)B1OC(=O)C(CC(=O)O)(CC(=O)O)O1. The molecule has 0 radical (unpaired) electrons. The number of carbonyl (C=O) groups is 5. The Kier molecular flexibility index (Phi) is 8.68. The van der Waals surface area contributed by atoms with Gasteiger partial charge in [-0.25, -0.2) is 8.78 Å². The molecule has 1 aromatic rings. The Bertz CT molecular complexity index is 973. The maximum atomic E-state index is 13.7. The van der Waals surface area contributed by atoms with Gasteiger partial charge in [0.15, 0.2) is 5.60 Å². The predicted molar refractivity (Wildman–Crippen MR) is 110 cm³/mol. The maximum Gasteiger partial charge on any atom is 0.552 e. The van der Waals surface area contributed by atoms with Crippen molar-refractivity contribution >= 4 is 36.8 Å². The summed E-state index contributed by atoms with van der Waals surface area (Å²) in [5.74, 6) is -8.97. The van der Waals surface area contributed by atoms with Crippen LogP contribution in [0.2, 0.25) is 0 Å². The molecule has 14 heteroatoms. The average Bonchev–Trinajstić information content (AvgIpc) is 3.01. The third kappa shape index (κ3) is 6.97. The fourth-order valence-electron chi connectivity index (χ4n) is 3.38. The number of carbonyl (C=O) groups excluding carboxylic acids is 3. The zero-order valence-electron chi connectivity index (χ0n) is 18.3. The molecule has 1 heterocycles. The summed E-state index contributed by atoms with van der Waals surface area (Å²) in [5.41, 5.74) is -2.88. The zero-order valence-corrected chi connectivity index (χ0v) is 18.3. The Hall–Kier alpha value is -3.55. The van der Waals surface area contributed by atoms with E-state index in [-0.39, 0.29) is 12.3 Å². The van der Waals surface area contributed by atoms with Crippen LogP contribution < -0.4 is 10.6 Å². The van der Waals surface area contributed by atoms with E-state index >= 15 is 0 Å². The molecule has 1 saturated heterocycles. The molecule has 0 saturated carbocycles. The summed E-state index contributed by atoms with van der Waals surface area (Å²) in [7, 11) is -1.49. The average molecular weight is 484 g/mol. The fourth-order valence-corrected chi connectivity index (χ4v) is 3.38. The summed E-state index contributed by atoms with van der Waals surface area (Å²) >= 11 is 0. The van der Waals surface area contributed by atoms with Gasteiger partial charge in [-0.3, -0.25) is 24.0 Å². The first-order valence-electron chi connectivity index (χ1n) is 10.2. The number of benzene rings is 1. The number of halogens is 2. The minimum Gasteiger partial charge on any atom is -0.506 e.